The van der Waals surface area contributed by atoms with Gasteiger partial charge in [-0.15, -0.1) is 0 Å². The molecule has 1 aliphatic carbocycles. The van der Waals surface area contributed by atoms with Crippen molar-refractivity contribution in [3.63, 3.8) is 0 Å². The zero-order valence-corrected chi connectivity index (χ0v) is 11.4. The Morgan fingerprint density at radius 1 is 1.25 bits per heavy atom. The van der Waals surface area contributed by atoms with Crippen LogP contribution in [0.2, 0.25) is 0 Å². The van der Waals surface area contributed by atoms with Crippen LogP contribution in [0.3, 0.4) is 0 Å². The molecule has 0 bridgehead atoms. The second-order valence-electron chi connectivity index (χ2n) is 5.45. The summed E-state index contributed by atoms with van der Waals surface area (Å²) in [6, 6.07) is 2.90. The summed E-state index contributed by atoms with van der Waals surface area (Å²) >= 11 is 0. The van der Waals surface area contributed by atoms with E-state index in [-0.39, 0.29) is 11.3 Å². The number of rotatable bonds is 3. The standard InChI is InChI=1S/C14H15F2NO3/c1-7-4-8(2)10(5-9(7)11(18)19)17-12(20)13(3)6-14(13,15)16/h4-5H,6H2,1-3H3,(H,17,20)(H,18,19). The number of halogens is 2. The number of anilines is 1. The molecule has 108 valence electrons. The molecular formula is C14H15F2NO3. The van der Waals surface area contributed by atoms with Gasteiger partial charge in [-0.25, -0.2) is 13.6 Å². The molecule has 2 N–H and O–H groups in total. The van der Waals surface area contributed by atoms with Crippen LogP contribution in [0.4, 0.5) is 14.5 Å². The Labute approximate surface area is 114 Å². The highest BCUT2D eigenvalue weighted by molar-refractivity contribution is 6.00. The average Bonchev–Trinajstić information content (AvgIpc) is 2.82. The van der Waals surface area contributed by atoms with Crippen LogP contribution in [0, 0.1) is 19.3 Å². The van der Waals surface area contributed by atoms with Gasteiger partial charge in [-0.2, -0.15) is 0 Å². The van der Waals surface area contributed by atoms with Crippen molar-refractivity contribution < 1.29 is 23.5 Å². The molecule has 1 fully saturated rings. The molecule has 0 heterocycles. The van der Waals surface area contributed by atoms with Crippen LogP contribution in [-0.4, -0.2) is 22.9 Å². The van der Waals surface area contributed by atoms with Gasteiger partial charge in [0, 0.05) is 12.1 Å². The normalized spacial score (nSPS) is 23.2. The van der Waals surface area contributed by atoms with E-state index in [0.29, 0.717) is 11.1 Å². The molecule has 0 aromatic heterocycles. The lowest BCUT2D eigenvalue weighted by Crippen LogP contribution is -2.27. The molecule has 4 nitrogen and oxygen atoms in total. The van der Waals surface area contributed by atoms with Gasteiger partial charge >= 0.3 is 5.97 Å². The molecule has 1 aromatic rings. The molecular weight excluding hydrogens is 268 g/mol. The lowest BCUT2D eigenvalue weighted by molar-refractivity contribution is -0.123. The minimum absolute atomic E-state index is 0.0404. The maximum atomic E-state index is 13.2. The van der Waals surface area contributed by atoms with Gasteiger partial charge in [-0.1, -0.05) is 6.07 Å². The van der Waals surface area contributed by atoms with Crippen molar-refractivity contribution >= 4 is 17.6 Å². The van der Waals surface area contributed by atoms with Crippen LogP contribution in [0.1, 0.15) is 34.8 Å². The minimum Gasteiger partial charge on any atom is -0.478 e. The topological polar surface area (TPSA) is 66.4 Å². The number of carboxylic acid groups (broad SMARTS) is 1. The SMILES string of the molecule is Cc1cc(C)c(C(=O)O)cc1NC(=O)C1(C)CC1(F)F. The summed E-state index contributed by atoms with van der Waals surface area (Å²) in [7, 11) is 0. The predicted molar refractivity (Wildman–Crippen MR) is 69.2 cm³/mol. The van der Waals surface area contributed by atoms with E-state index < -0.39 is 29.6 Å². The molecule has 0 spiro atoms. The molecule has 2 rings (SSSR count). The first-order valence-electron chi connectivity index (χ1n) is 6.12. The van der Waals surface area contributed by atoms with Crippen LogP contribution in [0.25, 0.3) is 0 Å². The van der Waals surface area contributed by atoms with Crippen molar-refractivity contribution in [3.8, 4) is 0 Å². The first-order valence-corrected chi connectivity index (χ1v) is 6.12. The number of aryl methyl sites for hydroxylation is 2. The van der Waals surface area contributed by atoms with Crippen molar-refractivity contribution in [2.24, 2.45) is 5.41 Å². The Morgan fingerprint density at radius 3 is 2.25 bits per heavy atom. The van der Waals surface area contributed by atoms with Crippen LogP contribution in [0.15, 0.2) is 12.1 Å². The highest BCUT2D eigenvalue weighted by atomic mass is 19.3. The Morgan fingerprint density at radius 2 is 1.80 bits per heavy atom. The highest BCUT2D eigenvalue weighted by Gasteiger charge is 2.72. The molecule has 6 heteroatoms. The van der Waals surface area contributed by atoms with Gasteiger partial charge in [0.25, 0.3) is 5.92 Å². The third-order valence-corrected chi connectivity index (χ3v) is 3.81. The minimum atomic E-state index is -2.99. The first kappa shape index (κ1) is 14.4. The monoisotopic (exact) mass is 283 g/mol. The fourth-order valence-corrected chi connectivity index (χ4v) is 2.12. The fourth-order valence-electron chi connectivity index (χ4n) is 2.12. The molecule has 0 radical (unpaired) electrons. The van der Waals surface area contributed by atoms with Crippen molar-refractivity contribution in [2.45, 2.75) is 33.1 Å². The van der Waals surface area contributed by atoms with E-state index in [1.807, 2.05) is 0 Å². The van der Waals surface area contributed by atoms with Gasteiger partial charge in [-0.3, -0.25) is 4.79 Å². The summed E-state index contributed by atoms with van der Waals surface area (Å²) in [5, 5.41) is 11.4. The van der Waals surface area contributed by atoms with Crippen molar-refractivity contribution in [1.29, 1.82) is 0 Å². The Balaban J connectivity index is 2.29. The number of alkyl halides is 2. The second kappa shape index (κ2) is 4.26. The summed E-state index contributed by atoms with van der Waals surface area (Å²) in [6.07, 6.45) is -0.484. The number of nitrogens with one attached hydrogen (secondary N) is 1. The fraction of sp³-hybridized carbons (Fsp3) is 0.429. The summed E-state index contributed by atoms with van der Waals surface area (Å²) in [4.78, 5) is 22.9. The third kappa shape index (κ3) is 2.15. The van der Waals surface area contributed by atoms with Gasteiger partial charge in [0.15, 0.2) is 0 Å². The van der Waals surface area contributed by atoms with E-state index in [0.717, 1.165) is 0 Å². The lowest BCUT2D eigenvalue weighted by Gasteiger charge is -2.14. The van der Waals surface area contributed by atoms with E-state index in [9.17, 15) is 18.4 Å². The van der Waals surface area contributed by atoms with Crippen molar-refractivity contribution in [3.05, 3.63) is 28.8 Å². The van der Waals surface area contributed by atoms with E-state index >= 15 is 0 Å². The molecule has 1 aliphatic rings. The smallest absolute Gasteiger partial charge is 0.336 e. The zero-order chi connectivity index (χ0) is 15.3. The van der Waals surface area contributed by atoms with Crippen molar-refractivity contribution in [2.75, 3.05) is 5.32 Å². The molecule has 20 heavy (non-hydrogen) atoms. The van der Waals surface area contributed by atoms with Crippen LogP contribution in [-0.2, 0) is 4.79 Å². The maximum absolute atomic E-state index is 13.2. The average molecular weight is 283 g/mol. The highest BCUT2D eigenvalue weighted by Crippen LogP contribution is 2.60. The summed E-state index contributed by atoms with van der Waals surface area (Å²) < 4.78 is 26.3. The second-order valence-corrected chi connectivity index (χ2v) is 5.45. The van der Waals surface area contributed by atoms with Crippen LogP contribution in [0.5, 0.6) is 0 Å². The molecule has 0 saturated heterocycles. The Bertz CT molecular complexity index is 613. The number of hydrogen-bond donors (Lipinski definition) is 2. The Kier molecular flexibility index (Phi) is 3.07. The molecule has 1 saturated carbocycles. The quantitative estimate of drug-likeness (QED) is 0.896. The number of carboxylic acids is 1. The predicted octanol–water partition coefficient (Wildman–Crippen LogP) is 2.99. The van der Waals surface area contributed by atoms with E-state index in [4.69, 9.17) is 5.11 Å². The number of benzene rings is 1. The lowest BCUT2D eigenvalue weighted by atomic mass is 10.0. The first-order chi connectivity index (χ1) is 9.08. The van der Waals surface area contributed by atoms with Crippen molar-refractivity contribution in [1.82, 2.24) is 0 Å². The zero-order valence-electron chi connectivity index (χ0n) is 11.4. The van der Waals surface area contributed by atoms with E-state index in [1.165, 1.54) is 13.0 Å². The number of amides is 1. The molecule has 0 aliphatic heterocycles. The van der Waals surface area contributed by atoms with Gasteiger partial charge in [0.05, 0.1) is 5.56 Å². The maximum Gasteiger partial charge on any atom is 0.336 e. The van der Waals surface area contributed by atoms with Crippen LogP contribution >= 0.6 is 0 Å². The molecule has 1 unspecified atom stereocenters. The summed E-state index contributed by atoms with van der Waals surface area (Å²) in [5.41, 5.74) is -0.224. The largest absolute Gasteiger partial charge is 0.478 e. The summed E-state index contributed by atoms with van der Waals surface area (Å²) in [5.74, 6) is -4.91. The van der Waals surface area contributed by atoms with Gasteiger partial charge in [-0.05, 0) is 38.0 Å². The van der Waals surface area contributed by atoms with E-state index in [2.05, 4.69) is 5.32 Å². The van der Waals surface area contributed by atoms with Gasteiger partial charge < -0.3 is 10.4 Å². The third-order valence-electron chi connectivity index (χ3n) is 3.81. The molecule has 1 aromatic carbocycles. The molecule has 1 atom stereocenters. The number of carbonyl (C=O) groups is 2. The van der Waals surface area contributed by atoms with Gasteiger partial charge in [0.1, 0.15) is 5.41 Å². The van der Waals surface area contributed by atoms with Crippen LogP contribution < -0.4 is 5.32 Å². The van der Waals surface area contributed by atoms with Gasteiger partial charge in [0.2, 0.25) is 5.91 Å². The number of carbonyl (C=O) groups excluding carboxylic acids is 1. The number of hydrogen-bond acceptors (Lipinski definition) is 2. The summed E-state index contributed by atoms with van der Waals surface area (Å²) in [6.45, 7) is 4.52. The molecule has 1 amide bonds. The Hall–Kier alpha value is -1.98. The number of aromatic carboxylic acids is 1. The van der Waals surface area contributed by atoms with E-state index in [1.54, 1.807) is 19.9 Å².